The Morgan fingerprint density at radius 1 is 0.429 bits per heavy atom. The highest BCUT2D eigenvalue weighted by Gasteiger charge is 2.64. The van der Waals surface area contributed by atoms with Crippen molar-refractivity contribution in [2.75, 3.05) is 39.6 Å². The number of aliphatic hydroxyl groups is 17. The van der Waals surface area contributed by atoms with E-state index in [2.05, 4.69) is 47.3 Å². The second-order valence-corrected chi connectivity index (χ2v) is 33.9. The van der Waals surface area contributed by atoms with Gasteiger partial charge in [0.25, 0.3) is 17.4 Å². The van der Waals surface area contributed by atoms with Crippen LogP contribution in [0.15, 0.2) is 24.3 Å². The molecular formula is C85H148N4O37. The van der Waals surface area contributed by atoms with E-state index in [0.717, 1.165) is 111 Å². The second kappa shape index (κ2) is 57.2. The summed E-state index contributed by atoms with van der Waals surface area (Å²) in [6, 6.07) is -7.03. The molecule has 5 heterocycles. The molecule has 126 heavy (non-hydrogen) atoms. The van der Waals surface area contributed by atoms with Crippen molar-refractivity contribution < 1.29 is 183 Å². The van der Waals surface area contributed by atoms with Gasteiger partial charge in [-0.25, -0.2) is 14.4 Å². The molecule has 5 saturated heterocycles. The molecular weight excluding hydrogens is 1670 g/mol. The van der Waals surface area contributed by atoms with Crippen LogP contribution in [0.1, 0.15) is 247 Å². The van der Waals surface area contributed by atoms with Gasteiger partial charge in [-0.3, -0.25) is 19.2 Å². The summed E-state index contributed by atoms with van der Waals surface area (Å²) in [6.07, 6.45) is -15.9. The maximum atomic E-state index is 13.8. The highest BCUT2D eigenvalue weighted by Crippen LogP contribution is 2.43. The van der Waals surface area contributed by atoms with Crippen LogP contribution in [0.5, 0.6) is 0 Å². The maximum absolute atomic E-state index is 13.8. The van der Waals surface area contributed by atoms with Crippen LogP contribution in [0, 0.1) is 0 Å². The van der Waals surface area contributed by atoms with E-state index in [1.54, 1.807) is 6.08 Å². The van der Waals surface area contributed by atoms with E-state index in [1.807, 2.05) is 0 Å². The van der Waals surface area contributed by atoms with Crippen molar-refractivity contribution in [3.8, 4) is 0 Å². The number of amides is 4. The van der Waals surface area contributed by atoms with Crippen LogP contribution in [0.4, 0.5) is 0 Å². The summed E-state index contributed by atoms with van der Waals surface area (Å²) in [5, 5.41) is 235. The fourth-order valence-corrected chi connectivity index (χ4v) is 16.5. The molecule has 5 fully saturated rings. The maximum Gasteiger partial charge on any atom is 0.364 e. The van der Waals surface area contributed by atoms with Gasteiger partial charge in [-0.1, -0.05) is 179 Å². The molecule has 0 saturated carbocycles. The van der Waals surface area contributed by atoms with Crippen molar-refractivity contribution in [2.24, 2.45) is 0 Å². The number of carbonyl (C=O) groups is 7. The molecule has 0 aliphatic carbocycles. The lowest BCUT2D eigenvalue weighted by Gasteiger charge is -2.51. The van der Waals surface area contributed by atoms with Gasteiger partial charge in [0.05, 0.1) is 88.2 Å². The zero-order valence-corrected chi connectivity index (χ0v) is 73.4. The van der Waals surface area contributed by atoms with Gasteiger partial charge in [0.1, 0.15) is 104 Å². The van der Waals surface area contributed by atoms with Crippen molar-refractivity contribution in [2.45, 2.75) is 429 Å². The summed E-state index contributed by atoms with van der Waals surface area (Å²) in [5.41, 5.74) is 0. The van der Waals surface area contributed by atoms with Gasteiger partial charge in [-0.2, -0.15) is 0 Å². The van der Waals surface area contributed by atoms with Crippen molar-refractivity contribution >= 4 is 41.5 Å². The predicted molar refractivity (Wildman–Crippen MR) is 443 cm³/mol. The van der Waals surface area contributed by atoms with Gasteiger partial charge in [-0.15, -0.1) is 0 Å². The summed E-state index contributed by atoms with van der Waals surface area (Å²) in [5.74, 6) is -20.6. The number of nitrogens with one attached hydrogen (secondary N) is 4. The standard InChI is InChI=1S/C85H148N4O37/c1-6-8-10-12-14-16-18-20-21-22-23-24-25-27-29-31-33-35-37-39-62(103)89-52(53(98)38-36-34-32-30-28-26-19-17-15-13-11-9-7-2)48-117-78-71(109)70(108)73(61(47-94)119-78)120-79-72(110)77(67(105)58(44-91)118-79)126-85(82(115)116)42-56(101)65(88-51(5)97)76(125-85)69(107)60(46-93)122-84(81(113)114)41-55(100)64(87-50(4)96)75(124-84)68(106)59(45-92)121-83(80(111)112)40-54(99)63(86-49(3)95)74(123-83)66(104)57(102)43-90/h20-21,36,38,52-61,63-79,90-94,98-102,104-110H,6-19,22-35,37,39-48H2,1-5H3,(H,86,95)(H,87,96)(H,88,97)(H,89,103)(H,111,112)(H,113,114)(H,115,116)/b21-20-,38-36+/t52-,53+,54-,55-,56-,57+,58+,59+,60+,61+,63+,64+,65+,66+,67-,68+,69+,70+,71+,72+,73+,74?,75?,76?,77-,78+,79-,83+,84+,85-/m0/s1. The third kappa shape index (κ3) is 33.8. The number of allylic oxidation sites excluding steroid dienone is 3. The summed E-state index contributed by atoms with van der Waals surface area (Å²) in [6.45, 7) is -0.0790. The molecule has 30 atom stereocenters. The predicted octanol–water partition coefficient (Wildman–Crippen LogP) is -1.15. The average molecular weight is 1820 g/mol. The Morgan fingerprint density at radius 2 is 0.802 bits per heavy atom. The molecule has 5 aliphatic rings. The molecule has 0 bridgehead atoms. The molecule has 41 heteroatoms. The largest absolute Gasteiger partial charge is 0.477 e. The molecule has 3 unspecified atom stereocenters. The topological polar surface area (TPSA) is 665 Å². The first-order valence-corrected chi connectivity index (χ1v) is 45.0. The van der Waals surface area contributed by atoms with Gasteiger partial charge in [0, 0.05) is 46.5 Å². The molecule has 41 nitrogen and oxygen atoms in total. The van der Waals surface area contributed by atoms with Gasteiger partial charge in [0.15, 0.2) is 12.6 Å². The molecule has 0 radical (unpaired) electrons. The molecule has 5 rings (SSSR count). The molecule has 0 aromatic carbocycles. The first-order chi connectivity index (χ1) is 60.0. The minimum absolute atomic E-state index is 0.117. The normalized spacial score (nSPS) is 32.2. The number of carboxylic acid groups (broad SMARTS) is 3. The van der Waals surface area contributed by atoms with E-state index < -0.39 is 283 Å². The van der Waals surface area contributed by atoms with Gasteiger partial charge < -0.3 is 171 Å². The summed E-state index contributed by atoms with van der Waals surface area (Å²) < 4.78 is 58.2. The minimum atomic E-state index is -3.58. The molecule has 0 aromatic rings. The number of carbonyl (C=O) groups excluding carboxylic acids is 4. The zero-order chi connectivity index (χ0) is 93.4. The molecule has 0 aromatic heterocycles. The van der Waals surface area contributed by atoms with Gasteiger partial charge in [0.2, 0.25) is 23.6 Å². The molecule has 4 amide bonds. The van der Waals surface area contributed by atoms with Crippen LogP contribution in [-0.4, -0.2) is 366 Å². The van der Waals surface area contributed by atoms with E-state index >= 15 is 0 Å². The van der Waals surface area contributed by atoms with Gasteiger partial charge >= 0.3 is 17.9 Å². The number of rotatable bonds is 62. The van der Waals surface area contributed by atoms with Crippen molar-refractivity contribution in [3.05, 3.63) is 24.3 Å². The van der Waals surface area contributed by atoms with Crippen LogP contribution in [0.3, 0.4) is 0 Å². The van der Waals surface area contributed by atoms with Crippen LogP contribution in [0.25, 0.3) is 0 Å². The van der Waals surface area contributed by atoms with Crippen LogP contribution < -0.4 is 21.3 Å². The Bertz CT molecular complexity index is 3230. The highest BCUT2D eigenvalue weighted by atomic mass is 16.8. The number of carboxylic acids is 3. The first-order valence-electron chi connectivity index (χ1n) is 45.0. The van der Waals surface area contributed by atoms with E-state index in [0.29, 0.717) is 12.8 Å². The Morgan fingerprint density at radius 3 is 1.19 bits per heavy atom. The van der Waals surface area contributed by atoms with E-state index in [1.165, 1.54) is 89.5 Å². The summed E-state index contributed by atoms with van der Waals surface area (Å²) in [7, 11) is 0. The fourth-order valence-electron chi connectivity index (χ4n) is 16.5. The number of ether oxygens (including phenoxy) is 10. The lowest BCUT2D eigenvalue weighted by atomic mass is 9.86. The smallest absolute Gasteiger partial charge is 0.364 e. The number of aliphatic hydroxyl groups excluding tert-OH is 17. The first kappa shape index (κ1) is 111. The number of hydrogen-bond acceptors (Lipinski definition) is 34. The van der Waals surface area contributed by atoms with E-state index in [4.69, 9.17) is 47.4 Å². The van der Waals surface area contributed by atoms with Crippen molar-refractivity contribution in [1.29, 1.82) is 0 Å². The highest BCUT2D eigenvalue weighted by molar-refractivity contribution is 5.79. The van der Waals surface area contributed by atoms with Crippen LogP contribution >= 0.6 is 0 Å². The molecule has 24 N–H and O–H groups in total. The third-order valence-corrected chi connectivity index (χ3v) is 23.6. The fraction of sp³-hybridized carbons (Fsp3) is 0.871. The van der Waals surface area contributed by atoms with E-state index in [9.17, 15) is 136 Å². The Kier molecular flexibility index (Phi) is 50.5. The Balaban J connectivity index is 1.33. The summed E-state index contributed by atoms with van der Waals surface area (Å²) in [4.78, 5) is 92.2. The van der Waals surface area contributed by atoms with Crippen molar-refractivity contribution in [1.82, 2.24) is 21.3 Å². The average Bonchev–Trinajstić information content (AvgIpc) is 0.749. The van der Waals surface area contributed by atoms with Crippen LogP contribution in [0.2, 0.25) is 0 Å². The van der Waals surface area contributed by atoms with Crippen molar-refractivity contribution in [3.63, 3.8) is 0 Å². The summed E-state index contributed by atoms with van der Waals surface area (Å²) >= 11 is 0. The molecule has 5 aliphatic heterocycles. The Hall–Kier alpha value is -5.31. The molecule has 0 spiro atoms. The monoisotopic (exact) mass is 1820 g/mol. The Labute approximate surface area is 735 Å². The number of hydrogen-bond donors (Lipinski definition) is 24. The van der Waals surface area contributed by atoms with Crippen LogP contribution in [-0.2, 0) is 80.9 Å². The number of aliphatic carboxylic acids is 3. The molecule has 730 valence electrons. The SMILES string of the molecule is CCCCCCCC/C=C\CCCCCCCCCCCC(=O)N[C@@H](CO[C@@H]1O[C@H](CO)[C@@H](O[C@@H]2O[C@H](CO)[C@H](O)[C@H](O[C@]3(C(=O)O)C[C@H](O)[C@@H](NC(C)=O)C([C@H](O)[C@@H](CO)O[C@]4(C(=O)O)C[C@H](O)[C@@H](NC(C)=O)C([C@H](O)[C@@H](CO)O[C@]5(C(=O)O)C[C@H](O)[C@@H](NC(C)=O)C([C@H](O)[C@H](O)CO)O5)O4)O3)[C@H]2O)[C@H](O)[C@H]1O)[C@H](O)/C=C/CCCCCCCCCCCCC. The minimum Gasteiger partial charge on any atom is -0.477 e. The van der Waals surface area contributed by atoms with E-state index in [-0.39, 0.29) is 6.42 Å². The zero-order valence-electron chi connectivity index (χ0n) is 73.4. The number of unbranched alkanes of at least 4 members (excludes halogenated alkanes) is 26. The lowest BCUT2D eigenvalue weighted by molar-refractivity contribution is -0.388. The van der Waals surface area contributed by atoms with Gasteiger partial charge in [-0.05, 0) is 44.9 Å². The second-order valence-electron chi connectivity index (χ2n) is 33.9. The quantitative estimate of drug-likeness (QED) is 0.0252. The lowest BCUT2D eigenvalue weighted by Crippen LogP contribution is -2.72. The third-order valence-electron chi connectivity index (χ3n) is 23.6.